The van der Waals surface area contributed by atoms with Gasteiger partial charge in [0.2, 0.25) is 0 Å². The minimum atomic E-state index is 0.238. The zero-order valence-corrected chi connectivity index (χ0v) is 7.27. The van der Waals surface area contributed by atoms with Crippen molar-refractivity contribution < 1.29 is 9.52 Å². The van der Waals surface area contributed by atoms with Gasteiger partial charge in [-0.05, 0) is 0 Å². The molecule has 0 spiro atoms. The van der Waals surface area contributed by atoms with Gasteiger partial charge in [0.05, 0.1) is 0 Å². The van der Waals surface area contributed by atoms with Crippen LogP contribution >= 0.6 is 0 Å². The molecular weight excluding hydrogens is 178 g/mol. The highest BCUT2D eigenvalue weighted by Crippen LogP contribution is 2.31. The van der Waals surface area contributed by atoms with Crippen LogP contribution in [0, 0.1) is 0 Å². The van der Waals surface area contributed by atoms with Crippen LogP contribution in [-0.4, -0.2) is 10.1 Å². The first-order valence-electron chi connectivity index (χ1n) is 4.30. The molecule has 3 aromatic rings. The highest BCUT2D eigenvalue weighted by molar-refractivity contribution is 6.05. The third-order valence-electron chi connectivity index (χ3n) is 2.32. The van der Waals surface area contributed by atoms with Crippen LogP contribution in [-0.2, 0) is 0 Å². The summed E-state index contributed by atoms with van der Waals surface area (Å²) in [6.45, 7) is 0. The third-order valence-corrected chi connectivity index (χ3v) is 2.32. The molecule has 68 valence electrons. The van der Waals surface area contributed by atoms with Crippen molar-refractivity contribution in [2.24, 2.45) is 0 Å². The number of phenols is 1. The average molecular weight is 185 g/mol. The van der Waals surface area contributed by atoms with Crippen LogP contribution in [0.3, 0.4) is 0 Å². The Balaban J connectivity index is 2.67. The summed E-state index contributed by atoms with van der Waals surface area (Å²) in [6.07, 6.45) is 1.39. The largest absolute Gasteiger partial charge is 0.507 e. The summed E-state index contributed by atoms with van der Waals surface area (Å²) in [5, 5.41) is 11.4. The lowest BCUT2D eigenvalue weighted by molar-refractivity contribution is 0.482. The van der Waals surface area contributed by atoms with Crippen molar-refractivity contribution >= 4 is 21.9 Å². The van der Waals surface area contributed by atoms with Gasteiger partial charge in [-0.15, -0.1) is 0 Å². The number of benzene rings is 2. The summed E-state index contributed by atoms with van der Waals surface area (Å²) in [5.41, 5.74) is 1.40. The second-order valence-corrected chi connectivity index (χ2v) is 3.14. The van der Waals surface area contributed by atoms with E-state index >= 15 is 0 Å². The zero-order chi connectivity index (χ0) is 9.54. The van der Waals surface area contributed by atoms with Gasteiger partial charge >= 0.3 is 0 Å². The van der Waals surface area contributed by atoms with Crippen LogP contribution in [0.25, 0.3) is 21.9 Å². The van der Waals surface area contributed by atoms with E-state index in [1.165, 1.54) is 6.39 Å². The molecule has 0 saturated heterocycles. The molecule has 0 bridgehead atoms. The number of hydrogen-bond donors (Lipinski definition) is 1. The molecule has 14 heavy (non-hydrogen) atoms. The minimum absolute atomic E-state index is 0.238. The molecule has 3 nitrogen and oxygen atoms in total. The maximum atomic E-state index is 9.71. The van der Waals surface area contributed by atoms with Crippen LogP contribution in [0.2, 0.25) is 0 Å². The average Bonchev–Trinajstić information content (AvgIpc) is 2.66. The maximum Gasteiger partial charge on any atom is 0.182 e. The summed E-state index contributed by atoms with van der Waals surface area (Å²) in [4.78, 5) is 4.00. The molecule has 0 amide bonds. The molecule has 0 radical (unpaired) electrons. The third kappa shape index (κ3) is 0.836. The molecule has 2 aromatic carbocycles. The van der Waals surface area contributed by atoms with Gasteiger partial charge in [0.1, 0.15) is 11.3 Å². The number of aromatic hydroxyl groups is 1. The second kappa shape index (κ2) is 2.48. The first-order chi connectivity index (χ1) is 6.86. The molecule has 0 atom stereocenters. The number of nitrogens with zero attached hydrogens (tertiary/aromatic N) is 1. The molecule has 0 aliphatic heterocycles. The van der Waals surface area contributed by atoms with Crippen molar-refractivity contribution in [3.63, 3.8) is 0 Å². The molecule has 0 saturated carbocycles. The maximum absolute atomic E-state index is 9.71. The van der Waals surface area contributed by atoms with Crippen molar-refractivity contribution in [3.05, 3.63) is 36.7 Å². The van der Waals surface area contributed by atoms with Gasteiger partial charge in [0.15, 0.2) is 12.0 Å². The molecule has 3 heteroatoms. The fourth-order valence-corrected chi connectivity index (χ4v) is 1.67. The second-order valence-electron chi connectivity index (χ2n) is 3.14. The normalized spacial score (nSPS) is 11.1. The molecule has 0 fully saturated rings. The highest BCUT2D eigenvalue weighted by atomic mass is 16.3. The Labute approximate surface area is 79.6 Å². The summed E-state index contributed by atoms with van der Waals surface area (Å²) in [7, 11) is 0. The number of phenolic OH excluding ortho intramolecular Hbond substituents is 1. The van der Waals surface area contributed by atoms with Gasteiger partial charge in [0, 0.05) is 16.8 Å². The van der Waals surface area contributed by atoms with Gasteiger partial charge < -0.3 is 9.52 Å². The standard InChI is InChI=1S/C11H7NO2/c13-10-5-9-11(14-6-12-9)8-4-2-1-3-7(8)10/h1-6,13H. The molecule has 0 unspecified atom stereocenters. The van der Waals surface area contributed by atoms with E-state index in [9.17, 15) is 5.11 Å². The number of rotatable bonds is 0. The predicted octanol–water partition coefficient (Wildman–Crippen LogP) is 2.69. The molecule has 1 N–H and O–H groups in total. The lowest BCUT2D eigenvalue weighted by Crippen LogP contribution is -1.75. The van der Waals surface area contributed by atoms with E-state index in [0.717, 1.165) is 16.4 Å². The first kappa shape index (κ1) is 7.38. The number of hydrogen-bond acceptors (Lipinski definition) is 3. The van der Waals surface area contributed by atoms with E-state index in [1.807, 2.05) is 24.3 Å². The Morgan fingerprint density at radius 1 is 1.14 bits per heavy atom. The zero-order valence-electron chi connectivity index (χ0n) is 7.27. The molecule has 1 heterocycles. The van der Waals surface area contributed by atoms with Gasteiger partial charge in [-0.3, -0.25) is 0 Å². The predicted molar refractivity (Wildman–Crippen MR) is 53.2 cm³/mol. The molecule has 0 aliphatic rings. The summed E-state index contributed by atoms with van der Waals surface area (Å²) in [6, 6.07) is 9.16. The van der Waals surface area contributed by atoms with E-state index in [1.54, 1.807) is 6.07 Å². The molecule has 1 aromatic heterocycles. The summed E-state index contributed by atoms with van der Waals surface area (Å²) in [5.74, 6) is 0.238. The fourth-order valence-electron chi connectivity index (χ4n) is 1.67. The van der Waals surface area contributed by atoms with Crippen molar-refractivity contribution in [2.45, 2.75) is 0 Å². The Morgan fingerprint density at radius 2 is 1.93 bits per heavy atom. The highest BCUT2D eigenvalue weighted by Gasteiger charge is 2.07. The van der Waals surface area contributed by atoms with Crippen LogP contribution in [0.1, 0.15) is 0 Å². The first-order valence-corrected chi connectivity index (χ1v) is 4.30. The van der Waals surface area contributed by atoms with Gasteiger partial charge in [-0.1, -0.05) is 24.3 Å². The van der Waals surface area contributed by atoms with Crippen molar-refractivity contribution in [1.29, 1.82) is 0 Å². The lowest BCUT2D eigenvalue weighted by Gasteiger charge is -1.99. The number of oxazole rings is 1. The molecular formula is C11H7NO2. The van der Waals surface area contributed by atoms with E-state index in [-0.39, 0.29) is 5.75 Å². The van der Waals surface area contributed by atoms with Crippen LogP contribution in [0.4, 0.5) is 0 Å². The number of fused-ring (bicyclic) bond motifs is 3. The quantitative estimate of drug-likeness (QED) is 0.585. The van der Waals surface area contributed by atoms with Crippen molar-refractivity contribution in [1.82, 2.24) is 4.98 Å². The summed E-state index contributed by atoms with van der Waals surface area (Å²) >= 11 is 0. The minimum Gasteiger partial charge on any atom is -0.507 e. The van der Waals surface area contributed by atoms with Gasteiger partial charge in [0.25, 0.3) is 0 Å². The van der Waals surface area contributed by atoms with Gasteiger partial charge in [-0.2, -0.15) is 0 Å². The fraction of sp³-hybridized carbons (Fsp3) is 0. The van der Waals surface area contributed by atoms with Gasteiger partial charge in [-0.25, -0.2) is 4.98 Å². The van der Waals surface area contributed by atoms with E-state index in [0.29, 0.717) is 5.52 Å². The molecule has 3 rings (SSSR count). The Morgan fingerprint density at radius 3 is 2.79 bits per heavy atom. The monoisotopic (exact) mass is 185 g/mol. The molecule has 0 aliphatic carbocycles. The SMILES string of the molecule is Oc1cc2ncoc2c2ccccc12. The summed E-state index contributed by atoms with van der Waals surface area (Å²) < 4.78 is 5.26. The van der Waals surface area contributed by atoms with E-state index in [2.05, 4.69) is 4.98 Å². The van der Waals surface area contributed by atoms with Crippen LogP contribution in [0.15, 0.2) is 41.1 Å². The Kier molecular flexibility index (Phi) is 1.31. The van der Waals surface area contributed by atoms with E-state index in [4.69, 9.17) is 4.42 Å². The smallest absolute Gasteiger partial charge is 0.182 e. The Hall–Kier alpha value is -2.03. The van der Waals surface area contributed by atoms with Crippen LogP contribution < -0.4 is 0 Å². The number of aromatic nitrogens is 1. The van der Waals surface area contributed by atoms with Crippen LogP contribution in [0.5, 0.6) is 5.75 Å². The van der Waals surface area contributed by atoms with E-state index < -0.39 is 0 Å². The van der Waals surface area contributed by atoms with Crippen molar-refractivity contribution in [3.8, 4) is 5.75 Å². The van der Waals surface area contributed by atoms with Crippen molar-refractivity contribution in [2.75, 3.05) is 0 Å². The topological polar surface area (TPSA) is 46.3 Å². The lowest BCUT2D eigenvalue weighted by atomic mass is 10.1. The Bertz CT molecular complexity index is 613.